The average Bonchev–Trinajstić information content (AvgIpc) is 2.87. The normalized spacial score (nSPS) is 19.6. The molecule has 0 aromatic heterocycles. The van der Waals surface area contributed by atoms with Crippen LogP contribution >= 0.6 is 12.4 Å². The number of hydrogen-bond donors (Lipinski definition) is 1. The van der Waals surface area contributed by atoms with Gasteiger partial charge >= 0.3 is 0 Å². The quantitative estimate of drug-likeness (QED) is 0.929. The number of halogens is 2. The van der Waals surface area contributed by atoms with Gasteiger partial charge in [-0.2, -0.15) is 0 Å². The Hall–Kier alpha value is -1.13. The molecule has 112 valence electrons. The van der Waals surface area contributed by atoms with Crippen molar-refractivity contribution >= 4 is 18.3 Å². The van der Waals surface area contributed by atoms with Crippen molar-refractivity contribution in [2.75, 3.05) is 13.1 Å². The summed E-state index contributed by atoms with van der Waals surface area (Å²) in [6, 6.07) is 6.82. The number of likely N-dealkylation sites (tertiary alicyclic amines) is 1. The van der Waals surface area contributed by atoms with E-state index < -0.39 is 0 Å². The molecule has 2 N–H and O–H groups in total. The van der Waals surface area contributed by atoms with Crippen molar-refractivity contribution in [3.63, 3.8) is 0 Å². The van der Waals surface area contributed by atoms with E-state index in [9.17, 15) is 9.18 Å². The van der Waals surface area contributed by atoms with E-state index in [0.29, 0.717) is 18.5 Å². The van der Waals surface area contributed by atoms with Crippen LogP contribution in [0.1, 0.15) is 37.7 Å². The Kier molecular flexibility index (Phi) is 6.43. The first-order chi connectivity index (χ1) is 9.13. The van der Waals surface area contributed by atoms with E-state index in [2.05, 4.69) is 0 Å². The molecule has 1 aromatic carbocycles. The summed E-state index contributed by atoms with van der Waals surface area (Å²) in [7, 11) is 0. The van der Waals surface area contributed by atoms with Crippen LogP contribution in [0.25, 0.3) is 0 Å². The molecule has 20 heavy (non-hydrogen) atoms. The summed E-state index contributed by atoms with van der Waals surface area (Å²) < 4.78 is 13.7. The molecule has 1 aliphatic rings. The molecule has 0 radical (unpaired) electrons. The van der Waals surface area contributed by atoms with Gasteiger partial charge in [-0.15, -0.1) is 12.4 Å². The predicted molar refractivity (Wildman–Crippen MR) is 80.5 cm³/mol. The van der Waals surface area contributed by atoms with Crippen LogP contribution in [-0.4, -0.2) is 29.9 Å². The van der Waals surface area contributed by atoms with Crippen LogP contribution in [-0.2, 0) is 4.79 Å². The van der Waals surface area contributed by atoms with E-state index in [-0.39, 0.29) is 36.1 Å². The minimum atomic E-state index is -0.236. The second kappa shape index (κ2) is 7.60. The lowest BCUT2D eigenvalue weighted by Gasteiger charge is -2.25. The van der Waals surface area contributed by atoms with Crippen molar-refractivity contribution < 1.29 is 9.18 Å². The standard InChI is InChI=1S/C15H21FN2O.ClH/c1-11(13-6-2-3-7-14(13)16)9-15(19)18-8-4-5-12(18)10-17;/h2-3,6-7,11-12H,4-5,8-10,17H2,1H3;1H. The number of amides is 1. The van der Waals surface area contributed by atoms with E-state index in [1.54, 1.807) is 18.2 Å². The number of nitrogens with two attached hydrogens (primary N) is 1. The van der Waals surface area contributed by atoms with Crippen LogP contribution in [0.4, 0.5) is 4.39 Å². The minimum Gasteiger partial charge on any atom is -0.338 e. The van der Waals surface area contributed by atoms with Gasteiger partial charge in [0.05, 0.1) is 0 Å². The summed E-state index contributed by atoms with van der Waals surface area (Å²) in [6.45, 7) is 3.19. The number of benzene rings is 1. The van der Waals surface area contributed by atoms with Gasteiger partial charge in [0.1, 0.15) is 5.82 Å². The Balaban J connectivity index is 0.00000200. The molecule has 2 rings (SSSR count). The molecular weight excluding hydrogens is 279 g/mol. The van der Waals surface area contributed by atoms with Gasteiger partial charge < -0.3 is 10.6 Å². The highest BCUT2D eigenvalue weighted by Gasteiger charge is 2.28. The molecular formula is C15H22ClFN2O. The maximum absolute atomic E-state index is 13.7. The van der Waals surface area contributed by atoms with Crippen molar-refractivity contribution in [1.29, 1.82) is 0 Å². The monoisotopic (exact) mass is 300 g/mol. The Morgan fingerprint density at radius 3 is 2.85 bits per heavy atom. The maximum Gasteiger partial charge on any atom is 0.223 e. The van der Waals surface area contributed by atoms with Gasteiger partial charge in [0.25, 0.3) is 0 Å². The van der Waals surface area contributed by atoms with E-state index in [0.717, 1.165) is 19.4 Å². The number of hydrogen-bond acceptors (Lipinski definition) is 2. The summed E-state index contributed by atoms with van der Waals surface area (Å²) in [5.74, 6) is -0.254. The smallest absolute Gasteiger partial charge is 0.223 e. The van der Waals surface area contributed by atoms with Gasteiger partial charge in [-0.25, -0.2) is 4.39 Å². The fourth-order valence-electron chi connectivity index (χ4n) is 2.77. The highest BCUT2D eigenvalue weighted by atomic mass is 35.5. The van der Waals surface area contributed by atoms with Crippen LogP contribution in [0.2, 0.25) is 0 Å². The zero-order chi connectivity index (χ0) is 13.8. The highest BCUT2D eigenvalue weighted by Crippen LogP contribution is 2.25. The molecule has 1 heterocycles. The lowest BCUT2D eigenvalue weighted by atomic mass is 9.96. The molecule has 0 spiro atoms. The molecule has 1 aliphatic heterocycles. The van der Waals surface area contributed by atoms with E-state index in [1.807, 2.05) is 11.8 Å². The van der Waals surface area contributed by atoms with Gasteiger partial charge in [0, 0.05) is 25.6 Å². The van der Waals surface area contributed by atoms with Gasteiger partial charge in [0.2, 0.25) is 5.91 Å². The fraction of sp³-hybridized carbons (Fsp3) is 0.533. The lowest BCUT2D eigenvalue weighted by Crippen LogP contribution is -2.40. The largest absolute Gasteiger partial charge is 0.338 e. The summed E-state index contributed by atoms with van der Waals surface area (Å²) in [5, 5.41) is 0. The Morgan fingerprint density at radius 1 is 1.50 bits per heavy atom. The summed E-state index contributed by atoms with van der Waals surface area (Å²) in [5.41, 5.74) is 6.28. The summed E-state index contributed by atoms with van der Waals surface area (Å²) >= 11 is 0. The topological polar surface area (TPSA) is 46.3 Å². The first-order valence-electron chi connectivity index (χ1n) is 6.87. The number of carbonyl (C=O) groups excluding carboxylic acids is 1. The van der Waals surface area contributed by atoms with E-state index in [4.69, 9.17) is 5.73 Å². The van der Waals surface area contributed by atoms with Crippen LogP contribution in [0.15, 0.2) is 24.3 Å². The molecule has 2 atom stereocenters. The molecule has 1 amide bonds. The first kappa shape index (κ1) is 16.9. The molecule has 5 heteroatoms. The van der Waals surface area contributed by atoms with Gasteiger partial charge in [-0.1, -0.05) is 25.1 Å². The van der Waals surface area contributed by atoms with Gasteiger partial charge in [-0.3, -0.25) is 4.79 Å². The van der Waals surface area contributed by atoms with Crippen LogP contribution in [0, 0.1) is 5.82 Å². The van der Waals surface area contributed by atoms with Crippen molar-refractivity contribution in [2.24, 2.45) is 5.73 Å². The first-order valence-corrected chi connectivity index (χ1v) is 6.87. The van der Waals surface area contributed by atoms with Crippen molar-refractivity contribution in [2.45, 2.75) is 38.1 Å². The summed E-state index contributed by atoms with van der Waals surface area (Å²) in [6.07, 6.45) is 2.34. The van der Waals surface area contributed by atoms with Gasteiger partial charge in [-0.05, 0) is 30.4 Å². The Bertz CT molecular complexity index is 455. The SMILES string of the molecule is CC(CC(=O)N1CCCC1CN)c1ccccc1F.Cl. The molecule has 0 bridgehead atoms. The summed E-state index contributed by atoms with van der Waals surface area (Å²) in [4.78, 5) is 14.1. The Morgan fingerprint density at radius 2 is 2.20 bits per heavy atom. The molecule has 0 aliphatic carbocycles. The predicted octanol–water partition coefficient (Wildman–Crippen LogP) is 2.69. The molecule has 0 saturated carbocycles. The molecule has 1 saturated heterocycles. The highest BCUT2D eigenvalue weighted by molar-refractivity contribution is 5.85. The van der Waals surface area contributed by atoms with Crippen molar-refractivity contribution in [3.05, 3.63) is 35.6 Å². The third-order valence-electron chi connectivity index (χ3n) is 3.89. The second-order valence-corrected chi connectivity index (χ2v) is 5.25. The van der Waals surface area contributed by atoms with Crippen LogP contribution in [0.3, 0.4) is 0 Å². The zero-order valence-electron chi connectivity index (χ0n) is 11.7. The molecule has 1 aromatic rings. The van der Waals surface area contributed by atoms with E-state index in [1.165, 1.54) is 6.07 Å². The van der Waals surface area contributed by atoms with Crippen LogP contribution in [0.5, 0.6) is 0 Å². The number of carbonyl (C=O) groups is 1. The zero-order valence-corrected chi connectivity index (χ0v) is 12.5. The molecule has 1 fully saturated rings. The maximum atomic E-state index is 13.7. The average molecular weight is 301 g/mol. The fourth-order valence-corrected chi connectivity index (χ4v) is 2.77. The van der Waals surface area contributed by atoms with Crippen molar-refractivity contribution in [1.82, 2.24) is 4.90 Å². The third-order valence-corrected chi connectivity index (χ3v) is 3.89. The van der Waals surface area contributed by atoms with Crippen LogP contribution < -0.4 is 5.73 Å². The minimum absolute atomic E-state index is 0. The van der Waals surface area contributed by atoms with Crippen molar-refractivity contribution in [3.8, 4) is 0 Å². The molecule has 2 unspecified atom stereocenters. The van der Waals surface area contributed by atoms with E-state index >= 15 is 0 Å². The second-order valence-electron chi connectivity index (χ2n) is 5.25. The molecule has 3 nitrogen and oxygen atoms in total. The number of nitrogens with zero attached hydrogens (tertiary/aromatic N) is 1. The van der Waals surface area contributed by atoms with Gasteiger partial charge in [0.15, 0.2) is 0 Å². The number of rotatable bonds is 4. The third kappa shape index (κ3) is 3.70. The Labute approximate surface area is 125 Å². The lowest BCUT2D eigenvalue weighted by molar-refractivity contribution is -0.132.